The molecule has 146 valence electrons. The van der Waals surface area contributed by atoms with E-state index >= 15 is 0 Å². The fourth-order valence-electron chi connectivity index (χ4n) is 3.59. The second kappa shape index (κ2) is 8.00. The summed E-state index contributed by atoms with van der Waals surface area (Å²) >= 11 is 3.55. The van der Waals surface area contributed by atoms with Gasteiger partial charge in [0.2, 0.25) is 0 Å². The molecule has 0 N–H and O–H groups in total. The number of fused-ring (bicyclic) bond motifs is 1. The zero-order valence-electron chi connectivity index (χ0n) is 16.4. The summed E-state index contributed by atoms with van der Waals surface area (Å²) in [6.45, 7) is 10.2. The molecular formula is C20H27BrN4O2. The smallest absolute Gasteiger partial charge is 0.410 e. The first-order chi connectivity index (χ1) is 12.8. The topological polar surface area (TPSA) is 58.6 Å². The number of rotatable bonds is 3. The Hall–Kier alpha value is -1.89. The van der Waals surface area contributed by atoms with Gasteiger partial charge in [-0.25, -0.2) is 4.79 Å². The van der Waals surface area contributed by atoms with Crippen LogP contribution < -0.4 is 4.90 Å². The molecule has 2 aromatic rings. The van der Waals surface area contributed by atoms with E-state index in [0.29, 0.717) is 6.54 Å². The molecule has 7 heteroatoms. The second-order valence-corrected chi connectivity index (χ2v) is 8.70. The first kappa shape index (κ1) is 19.9. The van der Waals surface area contributed by atoms with Gasteiger partial charge in [-0.3, -0.25) is 0 Å². The molecule has 0 atom stereocenters. The number of ether oxygens (including phenoxy) is 1. The summed E-state index contributed by atoms with van der Waals surface area (Å²) in [5.41, 5.74) is 1.57. The number of hydrogen-bond donors (Lipinski definition) is 0. The molecule has 1 aliphatic heterocycles. The normalized spacial score (nSPS) is 15.8. The van der Waals surface area contributed by atoms with Crippen LogP contribution in [0.15, 0.2) is 28.9 Å². The van der Waals surface area contributed by atoms with Crippen LogP contribution >= 0.6 is 15.9 Å². The number of benzene rings is 1. The van der Waals surface area contributed by atoms with Crippen LogP contribution in [-0.2, 0) is 4.74 Å². The first-order valence-electron chi connectivity index (χ1n) is 9.44. The fourth-order valence-corrected chi connectivity index (χ4v) is 4.01. The number of carbonyl (C=O) groups excluding carboxylic acids is 1. The highest BCUT2D eigenvalue weighted by Gasteiger charge is 2.30. The van der Waals surface area contributed by atoms with Crippen LogP contribution in [0, 0.1) is 0 Å². The van der Waals surface area contributed by atoms with E-state index in [4.69, 9.17) is 4.74 Å². The van der Waals surface area contributed by atoms with E-state index in [1.54, 1.807) is 6.20 Å². The zero-order chi connectivity index (χ0) is 19.6. The van der Waals surface area contributed by atoms with Crippen LogP contribution in [0.2, 0.25) is 0 Å². The molecule has 0 unspecified atom stereocenters. The molecule has 2 heterocycles. The van der Waals surface area contributed by atoms with Gasteiger partial charge in [-0.05, 0) is 74.7 Å². The number of halogens is 1. The molecule has 3 rings (SSSR count). The maximum atomic E-state index is 12.5. The fraction of sp³-hybridized carbons (Fsp3) is 0.550. The standard InChI is InChI=1S/C20H27BrN4O2/c1-5-25(19(26)27-20(2,3)4)14-9-12-24(13-10-14)17-7-6-16(21)18-15(17)8-11-22-23-18/h6-8,11,14H,5,9-10,12-13H2,1-4H3. The molecule has 1 amide bonds. The number of anilines is 1. The van der Waals surface area contributed by atoms with Crippen LogP contribution in [-0.4, -0.2) is 52.5 Å². The van der Waals surface area contributed by atoms with E-state index in [-0.39, 0.29) is 12.1 Å². The van der Waals surface area contributed by atoms with Crippen molar-refractivity contribution in [2.75, 3.05) is 24.5 Å². The van der Waals surface area contributed by atoms with Crippen molar-refractivity contribution in [1.82, 2.24) is 15.1 Å². The highest BCUT2D eigenvalue weighted by Crippen LogP contribution is 2.32. The average molecular weight is 435 g/mol. The average Bonchev–Trinajstić information content (AvgIpc) is 2.62. The molecule has 0 bridgehead atoms. The predicted molar refractivity (Wildman–Crippen MR) is 111 cm³/mol. The third-order valence-electron chi connectivity index (χ3n) is 4.83. The van der Waals surface area contributed by atoms with Gasteiger partial charge in [0.25, 0.3) is 0 Å². The zero-order valence-corrected chi connectivity index (χ0v) is 18.0. The van der Waals surface area contributed by atoms with Gasteiger partial charge in [0, 0.05) is 41.2 Å². The van der Waals surface area contributed by atoms with Crippen molar-refractivity contribution >= 4 is 38.6 Å². The van der Waals surface area contributed by atoms with E-state index in [1.807, 2.05) is 44.7 Å². The molecule has 1 aromatic carbocycles. The summed E-state index contributed by atoms with van der Waals surface area (Å²) in [4.78, 5) is 16.8. The largest absolute Gasteiger partial charge is 0.444 e. The Kier molecular flexibility index (Phi) is 5.89. The van der Waals surface area contributed by atoms with E-state index in [2.05, 4.69) is 37.1 Å². The summed E-state index contributed by atoms with van der Waals surface area (Å²) in [5, 5.41) is 9.35. The third kappa shape index (κ3) is 4.51. The lowest BCUT2D eigenvalue weighted by atomic mass is 10.0. The van der Waals surface area contributed by atoms with Gasteiger partial charge in [-0.1, -0.05) is 0 Å². The van der Waals surface area contributed by atoms with Crippen molar-refractivity contribution in [2.45, 2.75) is 52.2 Å². The van der Waals surface area contributed by atoms with Gasteiger partial charge >= 0.3 is 6.09 Å². The van der Waals surface area contributed by atoms with Crippen molar-refractivity contribution in [3.05, 3.63) is 28.9 Å². The third-order valence-corrected chi connectivity index (χ3v) is 5.46. The molecule has 0 spiro atoms. The Labute approximate surface area is 169 Å². The van der Waals surface area contributed by atoms with E-state index in [9.17, 15) is 4.79 Å². The van der Waals surface area contributed by atoms with Gasteiger partial charge < -0.3 is 14.5 Å². The molecule has 0 aliphatic carbocycles. The van der Waals surface area contributed by atoms with Crippen LogP contribution in [0.25, 0.3) is 10.9 Å². The molecule has 1 saturated heterocycles. The predicted octanol–water partition coefficient (Wildman–Crippen LogP) is 4.62. The number of hydrogen-bond acceptors (Lipinski definition) is 5. The van der Waals surface area contributed by atoms with Gasteiger partial charge in [0.1, 0.15) is 11.1 Å². The summed E-state index contributed by atoms with van der Waals surface area (Å²) in [6.07, 6.45) is 3.35. The Morgan fingerprint density at radius 2 is 2.00 bits per heavy atom. The number of nitrogens with zero attached hydrogens (tertiary/aromatic N) is 4. The molecule has 6 nitrogen and oxygen atoms in total. The van der Waals surface area contributed by atoms with Crippen molar-refractivity contribution in [3.63, 3.8) is 0 Å². The molecule has 1 aliphatic rings. The van der Waals surface area contributed by atoms with Gasteiger partial charge in [0.05, 0.1) is 6.20 Å². The molecule has 0 saturated carbocycles. The Morgan fingerprint density at radius 3 is 2.63 bits per heavy atom. The molecule has 1 aromatic heterocycles. The minimum atomic E-state index is -0.470. The minimum Gasteiger partial charge on any atom is -0.444 e. The second-order valence-electron chi connectivity index (χ2n) is 7.84. The number of carbonyl (C=O) groups is 1. The van der Waals surface area contributed by atoms with Crippen molar-refractivity contribution < 1.29 is 9.53 Å². The SMILES string of the molecule is CCN(C(=O)OC(C)(C)C)C1CCN(c2ccc(Br)c3nnccc23)CC1. The Balaban J connectivity index is 1.72. The monoisotopic (exact) mass is 434 g/mol. The van der Waals surface area contributed by atoms with Gasteiger partial charge in [0.15, 0.2) is 0 Å². The summed E-state index contributed by atoms with van der Waals surface area (Å²) in [5.74, 6) is 0. The number of piperidine rings is 1. The van der Waals surface area contributed by atoms with E-state index in [1.165, 1.54) is 5.69 Å². The quantitative estimate of drug-likeness (QED) is 0.705. The molecular weight excluding hydrogens is 408 g/mol. The van der Waals surface area contributed by atoms with Crippen LogP contribution in [0.3, 0.4) is 0 Å². The lowest BCUT2D eigenvalue weighted by molar-refractivity contribution is 0.0149. The van der Waals surface area contributed by atoms with Crippen LogP contribution in [0.5, 0.6) is 0 Å². The van der Waals surface area contributed by atoms with Gasteiger partial charge in [-0.2, -0.15) is 5.10 Å². The molecule has 1 fully saturated rings. The van der Waals surface area contributed by atoms with Crippen LogP contribution in [0.4, 0.5) is 10.5 Å². The maximum Gasteiger partial charge on any atom is 0.410 e. The van der Waals surface area contributed by atoms with Crippen molar-refractivity contribution in [2.24, 2.45) is 0 Å². The maximum absolute atomic E-state index is 12.5. The highest BCUT2D eigenvalue weighted by atomic mass is 79.9. The summed E-state index contributed by atoms with van der Waals surface area (Å²) in [6, 6.07) is 6.37. The summed E-state index contributed by atoms with van der Waals surface area (Å²) < 4.78 is 6.53. The Bertz CT molecular complexity index is 813. The first-order valence-corrected chi connectivity index (χ1v) is 10.2. The van der Waals surface area contributed by atoms with Gasteiger partial charge in [-0.15, -0.1) is 5.10 Å². The van der Waals surface area contributed by atoms with Crippen molar-refractivity contribution in [1.29, 1.82) is 0 Å². The Morgan fingerprint density at radius 1 is 1.30 bits per heavy atom. The van der Waals surface area contributed by atoms with E-state index < -0.39 is 5.60 Å². The summed E-state index contributed by atoms with van der Waals surface area (Å²) in [7, 11) is 0. The number of amides is 1. The van der Waals surface area contributed by atoms with Crippen LogP contribution in [0.1, 0.15) is 40.5 Å². The number of aromatic nitrogens is 2. The molecule has 27 heavy (non-hydrogen) atoms. The minimum absolute atomic E-state index is 0.211. The van der Waals surface area contributed by atoms with Crippen molar-refractivity contribution in [3.8, 4) is 0 Å². The highest BCUT2D eigenvalue weighted by molar-refractivity contribution is 9.10. The lowest BCUT2D eigenvalue weighted by Crippen LogP contribution is -2.48. The van der Waals surface area contributed by atoms with E-state index in [0.717, 1.165) is 41.3 Å². The molecule has 0 radical (unpaired) electrons. The lowest BCUT2D eigenvalue weighted by Gasteiger charge is -2.39.